The summed E-state index contributed by atoms with van der Waals surface area (Å²) in [7, 11) is 0. The number of hydrogen-bond donors (Lipinski definition) is 3. The second-order valence-electron chi connectivity index (χ2n) is 5.82. The number of rotatable bonds is 2. The fourth-order valence-electron chi connectivity index (χ4n) is 3.40. The van der Waals surface area contributed by atoms with E-state index in [1.807, 2.05) is 6.07 Å². The van der Waals surface area contributed by atoms with Crippen molar-refractivity contribution in [2.24, 2.45) is 5.92 Å². The third-order valence-corrected chi connectivity index (χ3v) is 4.55. The zero-order valence-corrected chi connectivity index (χ0v) is 12.6. The maximum absolute atomic E-state index is 12.4. The van der Waals surface area contributed by atoms with Gasteiger partial charge in [0.15, 0.2) is 5.69 Å². The molecule has 0 unspecified atom stereocenters. The van der Waals surface area contributed by atoms with E-state index in [0.717, 1.165) is 17.4 Å². The molecule has 8 heteroatoms. The molecule has 3 aliphatic rings. The van der Waals surface area contributed by atoms with Gasteiger partial charge in [0, 0.05) is 24.2 Å². The maximum Gasteiger partial charge on any atom is 0.290 e. The topological polar surface area (TPSA) is 111 Å². The highest BCUT2D eigenvalue weighted by Gasteiger charge is 2.35. The number of piperidine rings is 3. The normalized spacial score (nSPS) is 25.5. The van der Waals surface area contributed by atoms with Gasteiger partial charge in [-0.15, -0.1) is 0 Å². The number of hydrogen-bond acceptors (Lipinski definition) is 5. The van der Waals surface area contributed by atoms with E-state index >= 15 is 0 Å². The molecule has 122 valence electrons. The van der Waals surface area contributed by atoms with Crippen LogP contribution in [-0.4, -0.2) is 63.2 Å². The molecule has 5 heterocycles. The van der Waals surface area contributed by atoms with Crippen molar-refractivity contribution in [3.63, 3.8) is 0 Å². The smallest absolute Gasteiger partial charge is 0.290 e. The Labute approximate surface area is 132 Å². The lowest BCUT2D eigenvalue weighted by molar-refractivity contribution is -0.122. The number of carbonyl (C=O) groups excluding carboxylic acids is 1. The molecule has 2 aromatic rings. The molecular weight excluding hydrogens is 298 g/mol. The van der Waals surface area contributed by atoms with Crippen LogP contribution in [0.2, 0.25) is 0 Å². The first-order valence-electron chi connectivity index (χ1n) is 7.62. The average Bonchev–Trinajstić information content (AvgIpc) is 3.01. The Morgan fingerprint density at radius 1 is 1.43 bits per heavy atom. The van der Waals surface area contributed by atoms with E-state index in [9.17, 15) is 4.79 Å². The third-order valence-electron chi connectivity index (χ3n) is 4.55. The number of aromatic nitrogens is 3. The first-order chi connectivity index (χ1) is 11.2. The van der Waals surface area contributed by atoms with E-state index in [2.05, 4.69) is 25.4 Å². The number of fused-ring (bicyclic) bond motifs is 4. The Morgan fingerprint density at radius 3 is 2.83 bits per heavy atom. The molecule has 3 fully saturated rings. The maximum atomic E-state index is 12.4. The quantitative estimate of drug-likeness (QED) is 0.695. The van der Waals surface area contributed by atoms with Gasteiger partial charge in [-0.2, -0.15) is 5.10 Å². The van der Waals surface area contributed by atoms with E-state index in [0.29, 0.717) is 11.6 Å². The van der Waals surface area contributed by atoms with Crippen molar-refractivity contribution in [1.29, 1.82) is 0 Å². The van der Waals surface area contributed by atoms with E-state index in [1.165, 1.54) is 25.9 Å². The monoisotopic (exact) mass is 317 g/mol. The van der Waals surface area contributed by atoms with Crippen LogP contribution >= 0.6 is 0 Å². The number of nitrogens with one attached hydrogen (secondary N) is 2. The first kappa shape index (κ1) is 15.4. The van der Waals surface area contributed by atoms with E-state index in [1.54, 1.807) is 12.4 Å². The van der Waals surface area contributed by atoms with E-state index < -0.39 is 0 Å². The number of carbonyl (C=O) groups is 2. The van der Waals surface area contributed by atoms with Crippen LogP contribution in [0.15, 0.2) is 18.5 Å². The fourth-order valence-corrected chi connectivity index (χ4v) is 3.40. The fraction of sp³-hybridized carbons (Fsp3) is 0.467. The van der Waals surface area contributed by atoms with Crippen LogP contribution in [0.25, 0.3) is 10.9 Å². The zero-order chi connectivity index (χ0) is 16.2. The van der Waals surface area contributed by atoms with Crippen LogP contribution in [0.5, 0.6) is 0 Å². The summed E-state index contributed by atoms with van der Waals surface area (Å²) in [6.07, 6.45) is 5.75. The van der Waals surface area contributed by atoms with Gasteiger partial charge < -0.3 is 15.3 Å². The lowest BCUT2D eigenvalue weighted by Crippen LogP contribution is -2.57. The summed E-state index contributed by atoms with van der Waals surface area (Å²) in [5, 5.41) is 17.9. The van der Waals surface area contributed by atoms with Crippen molar-refractivity contribution in [2.75, 3.05) is 19.6 Å². The molecule has 0 radical (unpaired) electrons. The molecule has 8 nitrogen and oxygen atoms in total. The van der Waals surface area contributed by atoms with Gasteiger partial charge in [-0.05, 0) is 37.9 Å². The van der Waals surface area contributed by atoms with Crippen molar-refractivity contribution in [1.82, 2.24) is 25.4 Å². The lowest BCUT2D eigenvalue weighted by atomic mass is 9.84. The molecule has 0 aromatic carbocycles. The minimum Gasteiger partial charge on any atom is -0.483 e. The molecular formula is C15H19N5O3. The molecule has 0 spiro atoms. The summed E-state index contributed by atoms with van der Waals surface area (Å²) in [6, 6.07) is 2.09. The summed E-state index contributed by atoms with van der Waals surface area (Å²) >= 11 is 0. The molecule has 1 amide bonds. The van der Waals surface area contributed by atoms with E-state index in [4.69, 9.17) is 9.90 Å². The van der Waals surface area contributed by atoms with Crippen molar-refractivity contribution in [3.8, 4) is 0 Å². The standard InChI is InChI=1S/C14H17N5O.CH2O2/c20-14(13-10-1-4-15-7-11(10)17-18-13)16-12-8-19-5-2-9(12)3-6-19;2-1-3/h1,4,7,9,12H,2-3,5-6,8H2,(H,16,20)(H,17,18);1H,(H,2,3)/t12-;/m1./s1. The molecule has 3 saturated heterocycles. The van der Waals surface area contributed by atoms with Crippen LogP contribution in [0.1, 0.15) is 23.3 Å². The van der Waals surface area contributed by atoms with Gasteiger partial charge in [0.2, 0.25) is 0 Å². The molecule has 0 aliphatic carbocycles. The van der Waals surface area contributed by atoms with Crippen LogP contribution in [-0.2, 0) is 4.79 Å². The highest BCUT2D eigenvalue weighted by Crippen LogP contribution is 2.27. The summed E-state index contributed by atoms with van der Waals surface area (Å²) < 4.78 is 0. The van der Waals surface area contributed by atoms with Crippen molar-refractivity contribution >= 4 is 23.3 Å². The van der Waals surface area contributed by atoms with Gasteiger partial charge >= 0.3 is 0 Å². The zero-order valence-electron chi connectivity index (χ0n) is 12.6. The first-order valence-corrected chi connectivity index (χ1v) is 7.62. The largest absolute Gasteiger partial charge is 0.483 e. The number of H-pyrrole nitrogens is 1. The molecule has 23 heavy (non-hydrogen) atoms. The van der Waals surface area contributed by atoms with Crippen molar-refractivity contribution in [2.45, 2.75) is 18.9 Å². The number of aromatic amines is 1. The second-order valence-corrected chi connectivity index (χ2v) is 5.82. The number of pyridine rings is 1. The van der Waals surface area contributed by atoms with Crippen LogP contribution in [0.4, 0.5) is 0 Å². The molecule has 1 atom stereocenters. The van der Waals surface area contributed by atoms with Gasteiger partial charge in [-0.3, -0.25) is 19.7 Å². The number of carboxylic acid groups (broad SMARTS) is 1. The molecule has 2 aromatic heterocycles. The minimum absolute atomic E-state index is 0.0822. The molecule has 3 aliphatic heterocycles. The predicted octanol–water partition coefficient (Wildman–Crippen LogP) is 0.483. The van der Waals surface area contributed by atoms with Crippen molar-refractivity contribution < 1.29 is 14.7 Å². The summed E-state index contributed by atoms with van der Waals surface area (Å²) in [5.41, 5.74) is 1.27. The summed E-state index contributed by atoms with van der Waals surface area (Å²) in [5.74, 6) is 0.539. The highest BCUT2D eigenvalue weighted by molar-refractivity contribution is 6.04. The molecule has 0 saturated carbocycles. The van der Waals surface area contributed by atoms with Gasteiger partial charge in [0.1, 0.15) is 0 Å². The van der Waals surface area contributed by atoms with Crippen LogP contribution < -0.4 is 5.32 Å². The van der Waals surface area contributed by atoms with Gasteiger partial charge in [-0.1, -0.05) is 0 Å². The highest BCUT2D eigenvalue weighted by atomic mass is 16.3. The predicted molar refractivity (Wildman–Crippen MR) is 83.0 cm³/mol. The Bertz CT molecular complexity index is 693. The third kappa shape index (κ3) is 3.16. The summed E-state index contributed by atoms with van der Waals surface area (Å²) in [6.45, 7) is 3.07. The Kier molecular flexibility index (Phi) is 4.52. The van der Waals surface area contributed by atoms with Gasteiger partial charge in [0.05, 0.1) is 11.7 Å². The second kappa shape index (κ2) is 6.74. The minimum atomic E-state index is -0.250. The van der Waals surface area contributed by atoms with Crippen molar-refractivity contribution in [3.05, 3.63) is 24.2 Å². The summed E-state index contributed by atoms with van der Waals surface area (Å²) in [4.78, 5) is 27.2. The number of nitrogens with zero attached hydrogens (tertiary/aromatic N) is 3. The van der Waals surface area contributed by atoms with Crippen LogP contribution in [0, 0.1) is 5.92 Å². The van der Waals surface area contributed by atoms with E-state index in [-0.39, 0.29) is 18.4 Å². The Hall–Kier alpha value is -2.48. The van der Waals surface area contributed by atoms with Crippen LogP contribution in [0.3, 0.4) is 0 Å². The van der Waals surface area contributed by atoms with Gasteiger partial charge in [0.25, 0.3) is 12.4 Å². The molecule has 3 N–H and O–H groups in total. The Balaban J connectivity index is 0.000000485. The SMILES string of the molecule is O=C(N[C@@H]1CN2CCC1CC2)c1n[nH]c2cnccc12.O=CO. The Morgan fingerprint density at radius 2 is 2.17 bits per heavy atom. The molecule has 2 bridgehead atoms. The average molecular weight is 317 g/mol. The molecule has 5 rings (SSSR count). The lowest BCUT2D eigenvalue weighted by Gasteiger charge is -2.44. The number of amides is 1. The van der Waals surface area contributed by atoms with Gasteiger partial charge in [-0.25, -0.2) is 0 Å².